The average Bonchev–Trinajstić information content (AvgIpc) is 3.33. The number of carbonyl (C=O) groups is 1. The van der Waals surface area contributed by atoms with E-state index in [9.17, 15) is 9.59 Å². The Morgan fingerprint density at radius 3 is 2.94 bits per heavy atom. The Kier molecular flexibility index (Phi) is 6.45. The van der Waals surface area contributed by atoms with E-state index in [0.717, 1.165) is 25.0 Å². The highest BCUT2D eigenvalue weighted by molar-refractivity contribution is 8.26. The summed E-state index contributed by atoms with van der Waals surface area (Å²) in [7, 11) is 0. The van der Waals surface area contributed by atoms with Crippen LogP contribution in [0.3, 0.4) is 0 Å². The Labute approximate surface area is 190 Å². The molecule has 164 valence electrons. The Bertz CT molecular complexity index is 1120. The second-order valence-electron chi connectivity index (χ2n) is 8.27. The lowest BCUT2D eigenvalue weighted by Crippen LogP contribution is -2.35. The largest absolute Gasteiger partial charge is 0.376 e. The lowest BCUT2D eigenvalue weighted by Gasteiger charge is -2.18. The van der Waals surface area contributed by atoms with Gasteiger partial charge < -0.3 is 10.1 Å². The number of hydrogen-bond donors (Lipinski definition) is 1. The van der Waals surface area contributed by atoms with Gasteiger partial charge in [0.05, 0.1) is 23.1 Å². The summed E-state index contributed by atoms with van der Waals surface area (Å²) in [6, 6.07) is 3.74. The van der Waals surface area contributed by atoms with E-state index >= 15 is 0 Å². The summed E-state index contributed by atoms with van der Waals surface area (Å²) >= 11 is 6.67. The minimum atomic E-state index is -0.218. The predicted octanol–water partition coefficient (Wildman–Crippen LogP) is 3.45. The van der Waals surface area contributed by atoms with Gasteiger partial charge in [0, 0.05) is 19.3 Å². The minimum absolute atomic E-state index is 0.0149. The van der Waals surface area contributed by atoms with Gasteiger partial charge in [-0.3, -0.25) is 18.9 Å². The highest BCUT2D eigenvalue weighted by atomic mass is 32.2. The number of nitrogens with one attached hydrogen (secondary N) is 1. The van der Waals surface area contributed by atoms with E-state index in [4.69, 9.17) is 21.9 Å². The van der Waals surface area contributed by atoms with E-state index in [0.29, 0.717) is 45.3 Å². The zero-order valence-corrected chi connectivity index (χ0v) is 19.5. The number of fused-ring (bicyclic) bond motifs is 1. The van der Waals surface area contributed by atoms with E-state index in [1.165, 1.54) is 16.2 Å². The molecule has 2 aromatic heterocycles. The summed E-state index contributed by atoms with van der Waals surface area (Å²) < 4.78 is 7.68. The van der Waals surface area contributed by atoms with Gasteiger partial charge >= 0.3 is 0 Å². The summed E-state index contributed by atoms with van der Waals surface area (Å²) in [6.45, 7) is 7.93. The molecule has 1 atom stereocenters. The molecule has 0 radical (unpaired) electrons. The van der Waals surface area contributed by atoms with Crippen LogP contribution >= 0.6 is 24.0 Å². The van der Waals surface area contributed by atoms with Crippen LogP contribution in [0.1, 0.15) is 37.8 Å². The van der Waals surface area contributed by atoms with Crippen molar-refractivity contribution in [3.63, 3.8) is 0 Å². The third-order valence-electron chi connectivity index (χ3n) is 5.32. The van der Waals surface area contributed by atoms with Crippen LogP contribution < -0.4 is 10.9 Å². The molecule has 2 saturated heterocycles. The monoisotopic (exact) mass is 458 g/mol. The van der Waals surface area contributed by atoms with Crippen LogP contribution in [0, 0.1) is 12.8 Å². The van der Waals surface area contributed by atoms with E-state index < -0.39 is 0 Å². The maximum absolute atomic E-state index is 13.3. The smallest absolute Gasteiger partial charge is 0.267 e. The zero-order chi connectivity index (χ0) is 22.1. The number of aryl methyl sites for hydroxylation is 1. The van der Waals surface area contributed by atoms with Gasteiger partial charge in [0.15, 0.2) is 0 Å². The van der Waals surface area contributed by atoms with Gasteiger partial charge in [0.1, 0.15) is 15.8 Å². The van der Waals surface area contributed by atoms with Crippen LogP contribution in [-0.2, 0) is 9.53 Å². The maximum Gasteiger partial charge on any atom is 0.267 e. The van der Waals surface area contributed by atoms with E-state index in [1.807, 2.05) is 19.1 Å². The lowest BCUT2D eigenvalue weighted by atomic mass is 10.2. The normalized spacial score (nSPS) is 20.6. The first kappa shape index (κ1) is 22.0. The standard InChI is InChI=1S/C22H26N4O3S2/c1-13(2)11-23-18-16(20(27)25-8-4-6-14(3)19(25)24-18)10-17-21(28)26(22(30)31-17)12-15-7-5-9-29-15/h4,6,8,10,13,15,23H,5,7,9,11-12H2,1-3H3/b17-10+. The molecular weight excluding hydrogens is 432 g/mol. The number of rotatable bonds is 6. The third-order valence-corrected chi connectivity index (χ3v) is 6.70. The Morgan fingerprint density at radius 2 is 2.23 bits per heavy atom. The van der Waals surface area contributed by atoms with Gasteiger partial charge in [0.25, 0.3) is 11.5 Å². The molecule has 31 heavy (non-hydrogen) atoms. The summed E-state index contributed by atoms with van der Waals surface area (Å²) in [4.78, 5) is 33.1. The molecule has 9 heteroatoms. The Morgan fingerprint density at radius 1 is 1.42 bits per heavy atom. The van der Waals surface area contributed by atoms with Crippen LogP contribution in [0.5, 0.6) is 0 Å². The molecule has 0 aromatic carbocycles. The summed E-state index contributed by atoms with van der Waals surface area (Å²) in [6.07, 6.45) is 5.26. The number of aromatic nitrogens is 2. The summed E-state index contributed by atoms with van der Waals surface area (Å²) in [5.74, 6) is 0.668. The molecule has 0 spiro atoms. The fourth-order valence-corrected chi connectivity index (χ4v) is 4.91. The van der Waals surface area contributed by atoms with E-state index in [-0.39, 0.29) is 17.6 Å². The van der Waals surface area contributed by atoms with Crippen LogP contribution in [0.15, 0.2) is 28.0 Å². The van der Waals surface area contributed by atoms with Crippen molar-refractivity contribution in [1.82, 2.24) is 14.3 Å². The lowest BCUT2D eigenvalue weighted by molar-refractivity contribution is -0.123. The van der Waals surface area contributed by atoms with Crippen LogP contribution in [0.4, 0.5) is 5.82 Å². The second-order valence-corrected chi connectivity index (χ2v) is 9.94. The molecule has 1 unspecified atom stereocenters. The molecule has 2 aromatic rings. The van der Waals surface area contributed by atoms with E-state index in [1.54, 1.807) is 17.2 Å². The van der Waals surface area contributed by atoms with Crippen LogP contribution in [0.2, 0.25) is 0 Å². The maximum atomic E-state index is 13.3. The molecule has 1 amide bonds. The van der Waals surface area contributed by atoms with Gasteiger partial charge in [0.2, 0.25) is 0 Å². The van der Waals surface area contributed by atoms with Crippen molar-refractivity contribution < 1.29 is 9.53 Å². The van der Waals surface area contributed by atoms with E-state index in [2.05, 4.69) is 19.2 Å². The van der Waals surface area contributed by atoms with Crippen LogP contribution in [-0.4, -0.2) is 50.3 Å². The zero-order valence-electron chi connectivity index (χ0n) is 17.9. The van der Waals surface area contributed by atoms with Crippen molar-refractivity contribution >= 4 is 51.7 Å². The Hall–Kier alpha value is -2.23. The second kappa shape index (κ2) is 9.10. The van der Waals surface area contributed by atoms with Crippen molar-refractivity contribution in [2.24, 2.45) is 5.92 Å². The summed E-state index contributed by atoms with van der Waals surface area (Å²) in [5, 5.41) is 3.29. The number of pyridine rings is 1. The highest BCUT2D eigenvalue weighted by Crippen LogP contribution is 2.34. The first-order valence-corrected chi connectivity index (χ1v) is 11.7. The first-order valence-electron chi connectivity index (χ1n) is 10.5. The minimum Gasteiger partial charge on any atom is -0.376 e. The Balaban J connectivity index is 1.74. The van der Waals surface area contributed by atoms with Crippen molar-refractivity contribution in [1.29, 1.82) is 0 Å². The quantitative estimate of drug-likeness (QED) is 0.525. The van der Waals surface area contributed by atoms with Crippen molar-refractivity contribution in [2.45, 2.75) is 39.7 Å². The van der Waals surface area contributed by atoms with Crippen molar-refractivity contribution in [3.8, 4) is 0 Å². The molecule has 4 rings (SSSR count). The van der Waals surface area contributed by atoms with Gasteiger partial charge in [-0.1, -0.05) is 43.9 Å². The van der Waals surface area contributed by atoms with Gasteiger partial charge in [-0.05, 0) is 43.4 Å². The fourth-order valence-electron chi connectivity index (χ4n) is 3.66. The number of nitrogens with zero attached hydrogens (tertiary/aromatic N) is 3. The van der Waals surface area contributed by atoms with Crippen LogP contribution in [0.25, 0.3) is 11.7 Å². The molecule has 0 saturated carbocycles. The number of thioether (sulfide) groups is 1. The fraction of sp³-hybridized carbons (Fsp3) is 0.455. The van der Waals surface area contributed by atoms with Crippen molar-refractivity contribution in [3.05, 3.63) is 44.7 Å². The van der Waals surface area contributed by atoms with Gasteiger partial charge in [-0.25, -0.2) is 4.98 Å². The molecule has 4 heterocycles. The molecular formula is C22H26N4O3S2. The molecule has 2 aliphatic rings. The molecule has 2 fully saturated rings. The molecule has 7 nitrogen and oxygen atoms in total. The summed E-state index contributed by atoms with van der Waals surface area (Å²) in [5.41, 5.74) is 1.65. The van der Waals surface area contributed by atoms with Gasteiger partial charge in [-0.15, -0.1) is 0 Å². The number of amides is 1. The number of hydrogen-bond acceptors (Lipinski definition) is 7. The number of carbonyl (C=O) groups excluding carboxylic acids is 1. The molecule has 0 aliphatic carbocycles. The van der Waals surface area contributed by atoms with Crippen molar-refractivity contribution in [2.75, 3.05) is 25.0 Å². The highest BCUT2D eigenvalue weighted by Gasteiger charge is 2.35. The number of thiocarbonyl (C=S) groups is 1. The first-order chi connectivity index (χ1) is 14.8. The third kappa shape index (κ3) is 4.53. The molecule has 0 bridgehead atoms. The molecule has 1 N–H and O–H groups in total. The predicted molar refractivity (Wildman–Crippen MR) is 128 cm³/mol. The number of ether oxygens (including phenoxy) is 1. The SMILES string of the molecule is Cc1cccn2c(=O)c(/C=C3/SC(=S)N(CC4CCCO4)C3=O)c(NCC(C)C)nc12. The molecule has 2 aliphatic heterocycles. The topological polar surface area (TPSA) is 75.9 Å². The average molecular weight is 459 g/mol. The van der Waals surface area contributed by atoms with Gasteiger partial charge in [-0.2, -0.15) is 0 Å². The number of anilines is 1.